The van der Waals surface area contributed by atoms with Crippen LogP contribution in [-0.4, -0.2) is 37.9 Å². The monoisotopic (exact) mass is 337 g/mol. The number of nitrogens with zero attached hydrogens (tertiary/aromatic N) is 5. The molecule has 0 N–H and O–H groups in total. The Morgan fingerprint density at radius 2 is 2.20 bits per heavy atom. The van der Waals surface area contributed by atoms with Crippen LogP contribution in [0.25, 0.3) is 5.69 Å². The third-order valence-electron chi connectivity index (χ3n) is 4.90. The second-order valence-electron chi connectivity index (χ2n) is 6.81. The maximum atomic E-state index is 5.15. The Labute approximate surface area is 147 Å². The van der Waals surface area contributed by atoms with Crippen molar-refractivity contribution >= 4 is 0 Å². The van der Waals surface area contributed by atoms with Crippen LogP contribution in [0, 0.1) is 13.8 Å². The van der Waals surface area contributed by atoms with Crippen LogP contribution in [-0.2, 0) is 6.54 Å². The van der Waals surface area contributed by atoms with Crippen LogP contribution in [0.2, 0.25) is 0 Å². The highest BCUT2D eigenvalue weighted by Gasteiger charge is 2.25. The Balaban J connectivity index is 1.46. The van der Waals surface area contributed by atoms with E-state index >= 15 is 0 Å². The number of piperidine rings is 1. The van der Waals surface area contributed by atoms with Gasteiger partial charge in [0, 0.05) is 38.3 Å². The molecule has 130 valence electrons. The van der Waals surface area contributed by atoms with Crippen molar-refractivity contribution in [3.05, 3.63) is 59.5 Å². The Morgan fingerprint density at radius 1 is 1.28 bits per heavy atom. The van der Waals surface area contributed by atoms with E-state index in [9.17, 15) is 0 Å². The van der Waals surface area contributed by atoms with Gasteiger partial charge >= 0.3 is 0 Å². The van der Waals surface area contributed by atoms with Gasteiger partial charge in [-0.25, -0.2) is 4.68 Å². The largest absolute Gasteiger partial charge is 0.340 e. The normalized spacial score (nSPS) is 18.6. The van der Waals surface area contributed by atoms with Crippen molar-refractivity contribution < 1.29 is 4.52 Å². The zero-order valence-corrected chi connectivity index (χ0v) is 14.7. The number of benzene rings is 1. The van der Waals surface area contributed by atoms with Crippen molar-refractivity contribution in [2.75, 3.05) is 13.1 Å². The van der Waals surface area contributed by atoms with Crippen LogP contribution in [0.15, 0.2) is 41.2 Å². The second-order valence-corrected chi connectivity index (χ2v) is 6.81. The quantitative estimate of drug-likeness (QED) is 0.731. The molecular formula is C19H23N5O. The van der Waals surface area contributed by atoms with Gasteiger partial charge in [-0.15, -0.1) is 0 Å². The second kappa shape index (κ2) is 6.80. The molecule has 0 aliphatic carbocycles. The molecule has 6 nitrogen and oxygen atoms in total. The molecule has 1 fully saturated rings. The summed E-state index contributed by atoms with van der Waals surface area (Å²) in [5, 5.41) is 8.42. The smallest absolute Gasteiger partial charge is 0.223 e. The first kappa shape index (κ1) is 16.0. The van der Waals surface area contributed by atoms with Crippen molar-refractivity contribution in [2.45, 2.75) is 39.2 Å². The van der Waals surface area contributed by atoms with E-state index in [1.807, 2.05) is 23.9 Å². The summed E-state index contributed by atoms with van der Waals surface area (Å²) < 4.78 is 7.05. The van der Waals surface area contributed by atoms with E-state index < -0.39 is 0 Å². The van der Waals surface area contributed by atoms with E-state index in [4.69, 9.17) is 4.52 Å². The van der Waals surface area contributed by atoms with E-state index in [0.717, 1.165) is 37.6 Å². The minimum absolute atomic E-state index is 0.370. The molecular weight excluding hydrogens is 314 g/mol. The highest BCUT2D eigenvalue weighted by atomic mass is 16.5. The lowest BCUT2D eigenvalue weighted by Crippen LogP contribution is -2.34. The van der Waals surface area contributed by atoms with Crippen molar-refractivity contribution in [3.8, 4) is 5.69 Å². The molecule has 1 saturated heterocycles. The Kier molecular flexibility index (Phi) is 4.36. The summed E-state index contributed by atoms with van der Waals surface area (Å²) in [5.74, 6) is 1.87. The average molecular weight is 337 g/mol. The summed E-state index contributed by atoms with van der Waals surface area (Å²) in [5.41, 5.74) is 3.76. The van der Waals surface area contributed by atoms with Gasteiger partial charge in [-0.05, 0) is 55.6 Å². The number of aryl methyl sites for hydroxylation is 2. The predicted octanol–water partition coefficient (Wildman–Crippen LogP) is 3.25. The highest BCUT2D eigenvalue weighted by Crippen LogP contribution is 2.26. The average Bonchev–Trinajstić information content (AvgIpc) is 3.29. The van der Waals surface area contributed by atoms with Crippen molar-refractivity contribution in [1.29, 1.82) is 0 Å². The first-order valence-corrected chi connectivity index (χ1v) is 8.81. The van der Waals surface area contributed by atoms with Gasteiger partial charge in [-0.3, -0.25) is 4.90 Å². The Hall–Kier alpha value is -2.47. The molecule has 2 aromatic heterocycles. The molecule has 1 aromatic carbocycles. The number of likely N-dealkylation sites (tertiary alicyclic amines) is 1. The first-order chi connectivity index (χ1) is 12.2. The zero-order chi connectivity index (χ0) is 17.2. The fraction of sp³-hybridized carbons (Fsp3) is 0.421. The van der Waals surface area contributed by atoms with Crippen LogP contribution in [0.1, 0.15) is 41.6 Å². The summed E-state index contributed by atoms with van der Waals surface area (Å²) in [6.07, 6.45) is 6.07. The summed E-state index contributed by atoms with van der Waals surface area (Å²) in [7, 11) is 0. The Morgan fingerprint density at radius 3 is 2.92 bits per heavy atom. The van der Waals surface area contributed by atoms with Gasteiger partial charge in [-0.2, -0.15) is 10.1 Å². The van der Waals surface area contributed by atoms with Crippen molar-refractivity contribution in [2.24, 2.45) is 0 Å². The molecule has 0 spiro atoms. The third kappa shape index (κ3) is 3.49. The summed E-state index contributed by atoms with van der Waals surface area (Å²) in [6, 6.07) is 8.50. The lowest BCUT2D eigenvalue weighted by molar-refractivity contribution is 0.194. The molecule has 1 aliphatic rings. The topological polar surface area (TPSA) is 60.0 Å². The lowest BCUT2D eigenvalue weighted by Gasteiger charge is -2.31. The van der Waals surface area contributed by atoms with Gasteiger partial charge in [0.05, 0.1) is 5.69 Å². The van der Waals surface area contributed by atoms with E-state index in [0.29, 0.717) is 11.8 Å². The molecule has 0 saturated carbocycles. The molecule has 3 heterocycles. The molecule has 3 aromatic rings. The first-order valence-electron chi connectivity index (χ1n) is 8.81. The van der Waals surface area contributed by atoms with Crippen LogP contribution in [0.3, 0.4) is 0 Å². The minimum atomic E-state index is 0.370. The van der Waals surface area contributed by atoms with Crippen LogP contribution in [0.5, 0.6) is 0 Å². The summed E-state index contributed by atoms with van der Waals surface area (Å²) in [6.45, 7) is 7.08. The summed E-state index contributed by atoms with van der Waals surface area (Å²) >= 11 is 0. The number of hydrogen-bond donors (Lipinski definition) is 0. The molecule has 25 heavy (non-hydrogen) atoms. The predicted molar refractivity (Wildman–Crippen MR) is 94.6 cm³/mol. The third-order valence-corrected chi connectivity index (χ3v) is 4.90. The minimum Gasteiger partial charge on any atom is -0.340 e. The van der Waals surface area contributed by atoms with Crippen LogP contribution < -0.4 is 0 Å². The van der Waals surface area contributed by atoms with Crippen molar-refractivity contribution in [1.82, 2.24) is 24.8 Å². The molecule has 0 radical (unpaired) electrons. The SMILES string of the molecule is Cc1nc([C@H]2CCCN(Cc3ccc(-n4cccn4)cc3C)C2)no1. The number of aromatic nitrogens is 4. The molecule has 1 aliphatic heterocycles. The zero-order valence-electron chi connectivity index (χ0n) is 14.7. The van der Waals surface area contributed by atoms with Gasteiger partial charge in [0.1, 0.15) is 0 Å². The summed E-state index contributed by atoms with van der Waals surface area (Å²) in [4.78, 5) is 6.92. The molecule has 1 atom stereocenters. The maximum absolute atomic E-state index is 5.15. The van der Waals surface area contributed by atoms with E-state index in [1.165, 1.54) is 17.5 Å². The van der Waals surface area contributed by atoms with Gasteiger partial charge in [0.25, 0.3) is 0 Å². The van der Waals surface area contributed by atoms with E-state index in [2.05, 4.69) is 45.3 Å². The fourth-order valence-electron chi connectivity index (χ4n) is 3.55. The number of hydrogen-bond acceptors (Lipinski definition) is 5. The Bertz CT molecular complexity index is 839. The van der Waals surface area contributed by atoms with Gasteiger partial charge in [0.2, 0.25) is 5.89 Å². The molecule has 6 heteroatoms. The van der Waals surface area contributed by atoms with E-state index in [1.54, 1.807) is 6.20 Å². The molecule has 4 rings (SSSR count). The fourth-order valence-corrected chi connectivity index (χ4v) is 3.55. The molecule has 0 amide bonds. The number of rotatable bonds is 4. The van der Waals surface area contributed by atoms with Crippen LogP contribution in [0.4, 0.5) is 0 Å². The molecule has 0 bridgehead atoms. The standard InChI is InChI=1S/C19H23N5O/c1-14-11-18(24-10-4-8-20-24)7-6-16(14)12-23-9-3-5-17(13-23)19-21-15(2)25-22-19/h4,6-8,10-11,17H,3,5,9,12-13H2,1-2H3/t17-/m0/s1. The highest BCUT2D eigenvalue weighted by molar-refractivity contribution is 5.39. The maximum Gasteiger partial charge on any atom is 0.223 e. The van der Waals surface area contributed by atoms with E-state index in [-0.39, 0.29) is 0 Å². The van der Waals surface area contributed by atoms with Crippen LogP contribution >= 0.6 is 0 Å². The molecule has 0 unspecified atom stereocenters. The van der Waals surface area contributed by atoms with Gasteiger partial charge in [0.15, 0.2) is 5.82 Å². The van der Waals surface area contributed by atoms with Gasteiger partial charge in [-0.1, -0.05) is 11.2 Å². The van der Waals surface area contributed by atoms with Gasteiger partial charge < -0.3 is 4.52 Å². The lowest BCUT2D eigenvalue weighted by atomic mass is 9.96. The van der Waals surface area contributed by atoms with Crippen molar-refractivity contribution in [3.63, 3.8) is 0 Å².